The van der Waals surface area contributed by atoms with Crippen LogP contribution in [-0.4, -0.2) is 42.5 Å². The van der Waals surface area contributed by atoms with Crippen molar-refractivity contribution in [3.8, 4) is 0 Å². The summed E-state index contributed by atoms with van der Waals surface area (Å²) in [7, 11) is -3.87. The van der Waals surface area contributed by atoms with Gasteiger partial charge in [-0.05, 0) is 6.42 Å². The average Bonchev–Trinajstić information content (AvgIpc) is 1.59. The van der Waals surface area contributed by atoms with E-state index in [2.05, 4.69) is 0 Å². The van der Waals surface area contributed by atoms with E-state index in [9.17, 15) is 8.42 Å². The fourth-order valence-corrected chi connectivity index (χ4v) is 0.653. The van der Waals surface area contributed by atoms with E-state index in [0.29, 0.717) is 6.42 Å². The normalized spacial score (nSPS) is 11.3. The maximum absolute atomic E-state index is 9.86. The van der Waals surface area contributed by atoms with Crippen molar-refractivity contribution in [2.45, 2.75) is 13.3 Å². The van der Waals surface area contributed by atoms with Gasteiger partial charge in [0.15, 0.2) is 0 Å². The van der Waals surface area contributed by atoms with Gasteiger partial charge >= 0.3 is 29.6 Å². The van der Waals surface area contributed by atoms with Gasteiger partial charge in [-0.2, -0.15) is 8.42 Å². The van der Waals surface area contributed by atoms with Gasteiger partial charge in [0.1, 0.15) is 0 Å². The van der Waals surface area contributed by atoms with E-state index in [0.717, 1.165) is 5.41 Å². The molecule has 5 heteroatoms. The van der Waals surface area contributed by atoms with Gasteiger partial charge < -0.3 is 0 Å². The van der Waals surface area contributed by atoms with Crippen LogP contribution in [0, 0.1) is 0 Å². The van der Waals surface area contributed by atoms with E-state index in [1.807, 2.05) is 0 Å². The molecule has 0 amide bonds. The van der Waals surface area contributed by atoms with Crippen molar-refractivity contribution in [1.29, 1.82) is 0 Å². The van der Waals surface area contributed by atoms with Crippen LogP contribution >= 0.6 is 0 Å². The van der Waals surface area contributed by atoms with Gasteiger partial charge in [0.25, 0.3) is 10.1 Å². The van der Waals surface area contributed by atoms with Crippen LogP contribution in [0.15, 0.2) is 11.5 Å². The van der Waals surface area contributed by atoms with Gasteiger partial charge in [0.2, 0.25) is 0 Å². The minimum atomic E-state index is -3.87. The van der Waals surface area contributed by atoms with Gasteiger partial charge in [-0.1, -0.05) is 13.0 Å². The summed E-state index contributed by atoms with van der Waals surface area (Å²) in [5, 5.41) is 0.771. The first-order valence-electron chi connectivity index (χ1n) is 2.20. The van der Waals surface area contributed by atoms with E-state index in [1.54, 1.807) is 6.92 Å². The van der Waals surface area contributed by atoms with Crippen molar-refractivity contribution in [2.24, 2.45) is 0 Å². The third-order valence-electron chi connectivity index (χ3n) is 0.504. The van der Waals surface area contributed by atoms with E-state index >= 15 is 0 Å². The summed E-state index contributed by atoms with van der Waals surface area (Å²) in [4.78, 5) is 0. The molecule has 0 aliphatic carbocycles. The molecule has 0 aliphatic rings. The Morgan fingerprint density at radius 1 is 1.56 bits per heavy atom. The Morgan fingerprint density at radius 3 is 2.11 bits per heavy atom. The zero-order valence-corrected chi connectivity index (χ0v) is 5.35. The molecule has 0 saturated carbocycles. The Balaban J connectivity index is 0. The molecule has 0 aliphatic heterocycles. The SMILES string of the molecule is CC/C=C/S(=O)(=O)O.[NaH]. The van der Waals surface area contributed by atoms with Crippen LogP contribution in [0.2, 0.25) is 0 Å². The molecule has 0 aromatic rings. The molecule has 0 aromatic heterocycles. The number of allylic oxidation sites excluding steroid dienone is 1. The first-order chi connectivity index (χ1) is 3.56. The van der Waals surface area contributed by atoms with Crippen LogP contribution in [0.25, 0.3) is 0 Å². The van der Waals surface area contributed by atoms with Crippen LogP contribution in [0.3, 0.4) is 0 Å². The second-order valence-corrected chi connectivity index (χ2v) is 2.60. The quantitative estimate of drug-likeness (QED) is 0.462. The van der Waals surface area contributed by atoms with Crippen molar-refractivity contribution in [1.82, 2.24) is 0 Å². The summed E-state index contributed by atoms with van der Waals surface area (Å²) >= 11 is 0. The molecular weight excluding hydrogens is 151 g/mol. The summed E-state index contributed by atoms with van der Waals surface area (Å²) in [6, 6.07) is 0. The summed E-state index contributed by atoms with van der Waals surface area (Å²) < 4.78 is 27.8. The molecule has 0 fully saturated rings. The third kappa shape index (κ3) is 12.0. The average molecular weight is 160 g/mol. The van der Waals surface area contributed by atoms with Crippen molar-refractivity contribution in [3.63, 3.8) is 0 Å². The second-order valence-electron chi connectivity index (χ2n) is 1.30. The van der Waals surface area contributed by atoms with Crippen molar-refractivity contribution < 1.29 is 13.0 Å². The molecule has 1 N–H and O–H groups in total. The molecule has 0 rings (SSSR count). The minimum absolute atomic E-state index is 0. The standard InChI is InChI=1S/C4H8O3S.Na.H/c1-2-3-4-8(5,6)7;;/h3-4H,2H2,1H3,(H,5,6,7);;/b4-3+;;. The second kappa shape index (κ2) is 5.44. The molecule has 0 bridgehead atoms. The molecule has 9 heavy (non-hydrogen) atoms. The molecular formula is C4H9NaO3S. The molecule has 0 spiro atoms. The summed E-state index contributed by atoms with van der Waals surface area (Å²) in [6.45, 7) is 1.78. The topological polar surface area (TPSA) is 54.4 Å². The summed E-state index contributed by atoms with van der Waals surface area (Å²) in [6.07, 6.45) is 1.98. The summed E-state index contributed by atoms with van der Waals surface area (Å²) in [5.74, 6) is 0. The predicted molar refractivity (Wildman–Crippen MR) is 38.1 cm³/mol. The Bertz CT molecular complexity index is 170. The van der Waals surface area contributed by atoms with Crippen molar-refractivity contribution in [2.75, 3.05) is 0 Å². The van der Waals surface area contributed by atoms with Gasteiger partial charge in [-0.25, -0.2) is 0 Å². The van der Waals surface area contributed by atoms with Crippen LogP contribution in [0.1, 0.15) is 13.3 Å². The van der Waals surface area contributed by atoms with E-state index in [-0.39, 0.29) is 29.6 Å². The van der Waals surface area contributed by atoms with Crippen LogP contribution in [-0.2, 0) is 10.1 Å². The Labute approximate surface area is 77.2 Å². The van der Waals surface area contributed by atoms with Crippen molar-refractivity contribution >= 4 is 39.7 Å². The fraction of sp³-hybridized carbons (Fsp3) is 0.500. The maximum atomic E-state index is 9.86. The molecule has 0 radical (unpaired) electrons. The van der Waals surface area contributed by atoms with Crippen LogP contribution in [0.4, 0.5) is 0 Å². The van der Waals surface area contributed by atoms with E-state index < -0.39 is 10.1 Å². The molecule has 0 heterocycles. The number of hydrogen-bond donors (Lipinski definition) is 1. The monoisotopic (exact) mass is 160 g/mol. The molecule has 0 unspecified atom stereocenters. The zero-order valence-electron chi connectivity index (χ0n) is 4.53. The first-order valence-corrected chi connectivity index (χ1v) is 3.70. The Morgan fingerprint density at radius 2 is 2.00 bits per heavy atom. The molecule has 0 aromatic carbocycles. The van der Waals surface area contributed by atoms with Crippen LogP contribution < -0.4 is 0 Å². The number of hydrogen-bond acceptors (Lipinski definition) is 2. The molecule has 3 nitrogen and oxygen atoms in total. The molecule has 0 saturated heterocycles. The van der Waals surface area contributed by atoms with E-state index in [1.165, 1.54) is 6.08 Å². The first kappa shape index (κ1) is 12.3. The molecule has 50 valence electrons. The van der Waals surface area contributed by atoms with Crippen molar-refractivity contribution in [3.05, 3.63) is 11.5 Å². The summed E-state index contributed by atoms with van der Waals surface area (Å²) in [5.41, 5.74) is 0. The van der Waals surface area contributed by atoms with Gasteiger partial charge in [0, 0.05) is 0 Å². The predicted octanol–water partition coefficient (Wildman–Crippen LogP) is 0.149. The Hall–Kier alpha value is 0.650. The van der Waals surface area contributed by atoms with Gasteiger partial charge in [-0.15, -0.1) is 0 Å². The van der Waals surface area contributed by atoms with Gasteiger partial charge in [-0.3, -0.25) is 4.55 Å². The molecule has 0 atom stereocenters. The fourth-order valence-electron chi connectivity index (χ4n) is 0.218. The Kier molecular flexibility index (Phi) is 7.45. The van der Waals surface area contributed by atoms with Crippen LogP contribution in [0.5, 0.6) is 0 Å². The third-order valence-corrected chi connectivity index (χ3v) is 1.04. The zero-order chi connectivity index (χ0) is 6.62. The van der Waals surface area contributed by atoms with E-state index in [4.69, 9.17) is 4.55 Å². The van der Waals surface area contributed by atoms with Gasteiger partial charge in [0.05, 0.1) is 5.41 Å². The number of rotatable bonds is 2.